The lowest BCUT2D eigenvalue weighted by atomic mass is 9.94. The normalized spacial score (nSPS) is 16.4. The number of β-amino-alcohol motifs (C(OH)–C–C–N with tert-alkyl or cyclic N) is 1. The molecule has 0 unspecified atom stereocenters. The van der Waals surface area contributed by atoms with Gasteiger partial charge in [0, 0.05) is 39.3 Å². The molecule has 0 radical (unpaired) electrons. The van der Waals surface area contributed by atoms with Crippen LogP contribution in [0.5, 0.6) is 0 Å². The van der Waals surface area contributed by atoms with Gasteiger partial charge in [0.05, 0.1) is 18.2 Å². The number of rotatable bonds is 8. The summed E-state index contributed by atoms with van der Waals surface area (Å²) in [5.41, 5.74) is 14.8. The lowest BCUT2D eigenvalue weighted by Crippen LogP contribution is -2.54. The number of amides is 2. The van der Waals surface area contributed by atoms with Gasteiger partial charge >= 0.3 is 12.2 Å². The number of benzene rings is 4. The highest BCUT2D eigenvalue weighted by Crippen LogP contribution is 2.33. The fourth-order valence-electron chi connectivity index (χ4n) is 5.90. The summed E-state index contributed by atoms with van der Waals surface area (Å²) in [6, 6.07) is 42.1. The molecule has 6 N–H and O–H groups in total. The van der Waals surface area contributed by atoms with E-state index in [-0.39, 0.29) is 42.8 Å². The van der Waals surface area contributed by atoms with Crippen molar-refractivity contribution in [2.75, 3.05) is 39.3 Å². The van der Waals surface area contributed by atoms with E-state index in [1.807, 2.05) is 48.5 Å². The molecule has 11 heteroatoms. The summed E-state index contributed by atoms with van der Waals surface area (Å²) in [5.74, 6) is 0. The zero-order valence-electron chi connectivity index (χ0n) is 26.7. The molecule has 0 spiro atoms. The fraction of sp³-hybridized carbons (Fsp3) is 0.297. The Hall–Kier alpha value is -4.45. The SMILES string of the molecule is Cl.NC(=O)OC1CN(C(c2ccccc2)c2ccccc2)C1.NC(=O)OC1CNC1.OC1CN(C(c2ccccc2)c2ccccc2)C1. The van der Waals surface area contributed by atoms with Crippen LogP contribution in [0.4, 0.5) is 9.59 Å². The minimum Gasteiger partial charge on any atom is -0.444 e. The number of likely N-dealkylation sites (tertiary alicyclic amines) is 2. The third-order valence-corrected chi connectivity index (χ3v) is 8.27. The molecule has 4 aromatic rings. The van der Waals surface area contributed by atoms with E-state index >= 15 is 0 Å². The zero-order valence-corrected chi connectivity index (χ0v) is 27.5. The first-order chi connectivity index (χ1) is 22.9. The molecular formula is C37H44ClN5O5. The van der Waals surface area contributed by atoms with Gasteiger partial charge in [0.15, 0.2) is 0 Å². The first-order valence-electron chi connectivity index (χ1n) is 15.9. The van der Waals surface area contributed by atoms with Crippen LogP contribution in [0.1, 0.15) is 34.3 Å². The average Bonchev–Trinajstić information content (AvgIpc) is 3.04. The molecule has 0 saturated carbocycles. The summed E-state index contributed by atoms with van der Waals surface area (Å²) in [7, 11) is 0. The van der Waals surface area contributed by atoms with Crippen molar-refractivity contribution in [3.63, 3.8) is 0 Å². The molecule has 0 atom stereocenters. The second kappa shape index (κ2) is 18.2. The van der Waals surface area contributed by atoms with E-state index in [1.165, 1.54) is 22.3 Å². The number of nitrogens with zero attached hydrogens (tertiary/aromatic N) is 2. The average molecular weight is 674 g/mol. The van der Waals surface area contributed by atoms with Gasteiger partial charge in [-0.1, -0.05) is 121 Å². The van der Waals surface area contributed by atoms with Gasteiger partial charge in [-0.3, -0.25) is 9.80 Å². The van der Waals surface area contributed by atoms with Gasteiger partial charge in [-0.15, -0.1) is 12.4 Å². The van der Waals surface area contributed by atoms with E-state index in [4.69, 9.17) is 16.2 Å². The van der Waals surface area contributed by atoms with E-state index in [9.17, 15) is 14.7 Å². The number of nitrogens with two attached hydrogens (primary N) is 2. The Morgan fingerprint density at radius 1 is 0.583 bits per heavy atom. The van der Waals surface area contributed by atoms with Gasteiger partial charge in [0.1, 0.15) is 12.2 Å². The second-order valence-corrected chi connectivity index (χ2v) is 11.8. The summed E-state index contributed by atoms with van der Waals surface area (Å²) in [4.78, 5) is 25.4. The molecule has 3 saturated heterocycles. The van der Waals surface area contributed by atoms with E-state index < -0.39 is 12.2 Å². The van der Waals surface area contributed by atoms with Crippen LogP contribution in [-0.2, 0) is 9.47 Å². The number of primary amides is 2. The summed E-state index contributed by atoms with van der Waals surface area (Å²) in [6.45, 7) is 4.41. The molecule has 3 fully saturated rings. The van der Waals surface area contributed by atoms with Gasteiger partial charge in [-0.05, 0) is 22.3 Å². The summed E-state index contributed by atoms with van der Waals surface area (Å²) in [6.07, 6.45) is -1.63. The molecule has 0 aliphatic carbocycles. The predicted molar refractivity (Wildman–Crippen MR) is 188 cm³/mol. The van der Waals surface area contributed by atoms with Gasteiger partial charge in [-0.25, -0.2) is 9.59 Å². The predicted octanol–water partition coefficient (Wildman–Crippen LogP) is 4.48. The van der Waals surface area contributed by atoms with Crippen LogP contribution in [0, 0.1) is 0 Å². The summed E-state index contributed by atoms with van der Waals surface area (Å²) >= 11 is 0. The Balaban J connectivity index is 0.000000175. The molecular weight excluding hydrogens is 630 g/mol. The van der Waals surface area contributed by atoms with E-state index in [1.54, 1.807) is 0 Å². The Labute approximate surface area is 288 Å². The Bertz CT molecular complexity index is 1440. The summed E-state index contributed by atoms with van der Waals surface area (Å²) < 4.78 is 9.60. The van der Waals surface area contributed by atoms with Crippen molar-refractivity contribution in [3.8, 4) is 0 Å². The largest absolute Gasteiger partial charge is 0.444 e. The maximum absolute atomic E-state index is 10.8. The molecule has 10 nitrogen and oxygen atoms in total. The number of hydrogen-bond acceptors (Lipinski definition) is 8. The molecule has 3 aliphatic rings. The van der Waals surface area contributed by atoms with Gasteiger partial charge in [0.25, 0.3) is 0 Å². The van der Waals surface area contributed by atoms with Crippen molar-refractivity contribution in [2.24, 2.45) is 11.5 Å². The lowest BCUT2D eigenvalue weighted by molar-refractivity contribution is -0.0249. The zero-order chi connectivity index (χ0) is 33.0. The number of aliphatic hydroxyl groups is 1. The highest BCUT2D eigenvalue weighted by Gasteiger charge is 2.36. The topological polar surface area (TPSA) is 143 Å². The number of ether oxygens (including phenoxy) is 2. The van der Waals surface area contributed by atoms with Crippen molar-refractivity contribution in [1.82, 2.24) is 15.1 Å². The molecule has 254 valence electrons. The fourth-order valence-corrected chi connectivity index (χ4v) is 5.90. The number of halogens is 1. The standard InChI is InChI=1S/C17H18N2O2.C16H17NO.C4H8N2O2.ClH/c18-17(20)21-15-11-19(12-15)16(13-7-3-1-4-8-13)14-9-5-2-6-10-14;18-15-11-17(12-15)16(13-7-3-1-4-8-13)14-9-5-2-6-10-14;5-4(7)8-3-1-6-2-3;/h1-10,15-16H,11-12H2,(H2,18,20);1-10,15-16,18H,11-12H2;3,6H,1-2H2,(H2,5,7);1H. The minimum absolute atomic E-state index is 0. The Kier molecular flexibility index (Phi) is 13.8. The first kappa shape index (κ1) is 36.4. The maximum Gasteiger partial charge on any atom is 0.404 e. The van der Waals surface area contributed by atoms with Crippen LogP contribution in [0.25, 0.3) is 0 Å². The van der Waals surface area contributed by atoms with Crippen molar-refractivity contribution in [1.29, 1.82) is 0 Å². The van der Waals surface area contributed by atoms with Gasteiger partial charge in [-0.2, -0.15) is 0 Å². The van der Waals surface area contributed by atoms with Crippen molar-refractivity contribution in [3.05, 3.63) is 144 Å². The Morgan fingerprint density at radius 3 is 1.15 bits per heavy atom. The van der Waals surface area contributed by atoms with Crippen LogP contribution in [-0.4, -0.2) is 84.7 Å². The van der Waals surface area contributed by atoms with E-state index in [2.05, 4.69) is 92.6 Å². The van der Waals surface area contributed by atoms with Crippen LogP contribution < -0.4 is 16.8 Å². The second-order valence-electron chi connectivity index (χ2n) is 11.8. The van der Waals surface area contributed by atoms with Crippen LogP contribution in [0.3, 0.4) is 0 Å². The Morgan fingerprint density at radius 2 is 0.896 bits per heavy atom. The maximum atomic E-state index is 10.8. The molecule has 7 rings (SSSR count). The van der Waals surface area contributed by atoms with E-state index in [0.29, 0.717) is 13.1 Å². The van der Waals surface area contributed by atoms with E-state index in [0.717, 1.165) is 26.2 Å². The van der Waals surface area contributed by atoms with Crippen molar-refractivity contribution < 1.29 is 24.2 Å². The number of aliphatic hydroxyl groups excluding tert-OH is 1. The number of nitrogens with one attached hydrogen (secondary N) is 1. The third-order valence-electron chi connectivity index (χ3n) is 8.27. The third kappa shape index (κ3) is 10.3. The first-order valence-corrected chi connectivity index (χ1v) is 15.9. The summed E-state index contributed by atoms with van der Waals surface area (Å²) in [5, 5.41) is 12.5. The minimum atomic E-state index is -0.698. The quantitative estimate of drug-likeness (QED) is 0.214. The molecule has 3 heterocycles. The smallest absolute Gasteiger partial charge is 0.404 e. The molecule has 0 aromatic heterocycles. The van der Waals surface area contributed by atoms with Crippen molar-refractivity contribution >= 4 is 24.6 Å². The highest BCUT2D eigenvalue weighted by molar-refractivity contribution is 5.85. The molecule has 0 bridgehead atoms. The molecule has 4 aromatic carbocycles. The molecule has 2 amide bonds. The van der Waals surface area contributed by atoms with Crippen LogP contribution >= 0.6 is 12.4 Å². The number of hydrogen-bond donors (Lipinski definition) is 4. The monoisotopic (exact) mass is 673 g/mol. The lowest BCUT2D eigenvalue weighted by Gasteiger charge is -2.43. The molecule has 3 aliphatic heterocycles. The molecule has 48 heavy (non-hydrogen) atoms. The number of carbonyl (C=O) groups is 2. The van der Waals surface area contributed by atoms with Crippen LogP contribution in [0.2, 0.25) is 0 Å². The van der Waals surface area contributed by atoms with Crippen LogP contribution in [0.15, 0.2) is 121 Å². The number of carbonyl (C=O) groups excluding carboxylic acids is 2. The highest BCUT2D eigenvalue weighted by atomic mass is 35.5. The van der Waals surface area contributed by atoms with Crippen molar-refractivity contribution in [2.45, 2.75) is 30.4 Å². The van der Waals surface area contributed by atoms with Gasteiger partial charge in [0.2, 0.25) is 0 Å². The van der Waals surface area contributed by atoms with Gasteiger partial charge < -0.3 is 31.4 Å².